The molecule has 0 saturated carbocycles. The fraction of sp³-hybridized carbons (Fsp3) is 0.118. The Morgan fingerprint density at radius 3 is 2.33 bits per heavy atom. The number of hydrogen-bond donors (Lipinski definition) is 3. The van der Waals surface area contributed by atoms with Gasteiger partial charge >= 0.3 is 6.18 Å². The molecule has 2 heterocycles. The zero-order valence-corrected chi connectivity index (χ0v) is 14.7. The van der Waals surface area contributed by atoms with Crippen LogP contribution in [0.3, 0.4) is 0 Å². The van der Waals surface area contributed by atoms with E-state index in [9.17, 15) is 13.2 Å². The summed E-state index contributed by atoms with van der Waals surface area (Å²) in [6.45, 7) is 1.94. The van der Waals surface area contributed by atoms with E-state index in [-0.39, 0.29) is 22.3 Å². The maximum Gasteiger partial charge on any atom is 0.417 e. The molecule has 0 spiro atoms. The average molecular weight is 395 g/mol. The van der Waals surface area contributed by atoms with Crippen LogP contribution in [0.2, 0.25) is 5.02 Å². The summed E-state index contributed by atoms with van der Waals surface area (Å²) < 4.78 is 38.1. The summed E-state index contributed by atoms with van der Waals surface area (Å²) in [5, 5.41) is 5.58. The molecule has 140 valence electrons. The van der Waals surface area contributed by atoms with Gasteiger partial charge in [-0.2, -0.15) is 13.2 Å². The number of hydrogen-bond acceptors (Lipinski definition) is 6. The molecule has 0 saturated heterocycles. The molecule has 0 atom stereocenters. The molecule has 0 amide bonds. The highest BCUT2D eigenvalue weighted by Crippen LogP contribution is 2.34. The van der Waals surface area contributed by atoms with Crippen molar-refractivity contribution in [2.45, 2.75) is 13.1 Å². The molecule has 0 unspecified atom stereocenters. The van der Waals surface area contributed by atoms with Crippen LogP contribution in [-0.2, 0) is 6.18 Å². The Bertz CT molecular complexity index is 977. The van der Waals surface area contributed by atoms with Gasteiger partial charge < -0.3 is 16.4 Å². The van der Waals surface area contributed by atoms with E-state index >= 15 is 0 Å². The molecule has 3 aromatic rings. The first-order valence-electron chi connectivity index (χ1n) is 7.68. The van der Waals surface area contributed by atoms with E-state index < -0.39 is 11.7 Å². The van der Waals surface area contributed by atoms with Crippen LogP contribution in [0.1, 0.15) is 11.1 Å². The van der Waals surface area contributed by atoms with Crippen LogP contribution >= 0.6 is 11.6 Å². The third-order valence-corrected chi connectivity index (χ3v) is 3.86. The number of anilines is 5. The molecule has 2 aromatic heterocycles. The fourth-order valence-corrected chi connectivity index (χ4v) is 2.46. The van der Waals surface area contributed by atoms with Gasteiger partial charge in [-0.05, 0) is 30.7 Å². The molecule has 0 aliphatic heterocycles. The first-order valence-corrected chi connectivity index (χ1v) is 8.06. The quantitative estimate of drug-likeness (QED) is 0.582. The molecule has 0 fully saturated rings. The van der Waals surface area contributed by atoms with Gasteiger partial charge in [0.25, 0.3) is 0 Å². The summed E-state index contributed by atoms with van der Waals surface area (Å²) in [6, 6.07) is 8.35. The Hall–Kier alpha value is -3.07. The number of aromatic nitrogens is 3. The SMILES string of the molecule is Cc1cccc(Nc2ncnc(Nc3ncc(C(F)(F)F)cc3Cl)c2N)c1. The second-order valence-electron chi connectivity index (χ2n) is 5.66. The number of alkyl halides is 3. The highest BCUT2D eigenvalue weighted by molar-refractivity contribution is 6.33. The van der Waals surface area contributed by atoms with E-state index in [0.29, 0.717) is 12.0 Å². The predicted molar refractivity (Wildman–Crippen MR) is 98.4 cm³/mol. The van der Waals surface area contributed by atoms with Gasteiger partial charge in [-0.25, -0.2) is 15.0 Å². The monoisotopic (exact) mass is 394 g/mol. The average Bonchev–Trinajstić information content (AvgIpc) is 2.59. The van der Waals surface area contributed by atoms with Gasteiger partial charge in [-0.1, -0.05) is 23.7 Å². The van der Waals surface area contributed by atoms with Crippen molar-refractivity contribution in [3.8, 4) is 0 Å². The number of benzene rings is 1. The van der Waals surface area contributed by atoms with E-state index in [1.807, 2.05) is 31.2 Å². The van der Waals surface area contributed by atoms with Crippen LogP contribution in [-0.4, -0.2) is 15.0 Å². The number of nitrogens with zero attached hydrogens (tertiary/aromatic N) is 3. The first-order chi connectivity index (χ1) is 12.7. The van der Waals surface area contributed by atoms with Crippen molar-refractivity contribution in [2.75, 3.05) is 16.4 Å². The number of rotatable bonds is 4. The van der Waals surface area contributed by atoms with Crippen molar-refractivity contribution in [3.63, 3.8) is 0 Å². The van der Waals surface area contributed by atoms with Gasteiger partial charge in [0.15, 0.2) is 11.6 Å². The lowest BCUT2D eigenvalue weighted by Crippen LogP contribution is -2.08. The van der Waals surface area contributed by atoms with E-state index in [2.05, 4.69) is 25.6 Å². The van der Waals surface area contributed by atoms with Crippen LogP contribution in [0.5, 0.6) is 0 Å². The molecule has 4 N–H and O–H groups in total. The van der Waals surface area contributed by atoms with Crippen molar-refractivity contribution >= 4 is 40.4 Å². The van der Waals surface area contributed by atoms with Crippen LogP contribution in [0.4, 0.5) is 42.0 Å². The van der Waals surface area contributed by atoms with Gasteiger partial charge in [-0.15, -0.1) is 0 Å². The summed E-state index contributed by atoms with van der Waals surface area (Å²) in [5.41, 5.74) is 7.10. The lowest BCUT2D eigenvalue weighted by Gasteiger charge is -2.14. The number of halogens is 4. The maximum atomic E-state index is 12.7. The number of nitrogens with two attached hydrogens (primary N) is 1. The predicted octanol–water partition coefficient (Wildman–Crippen LogP) is 4.92. The summed E-state index contributed by atoms with van der Waals surface area (Å²) in [4.78, 5) is 11.8. The Morgan fingerprint density at radius 2 is 1.70 bits per heavy atom. The van der Waals surface area contributed by atoms with E-state index in [4.69, 9.17) is 17.3 Å². The third kappa shape index (κ3) is 4.37. The molecule has 0 aliphatic rings. The summed E-state index contributed by atoms with van der Waals surface area (Å²) in [7, 11) is 0. The van der Waals surface area contributed by atoms with Gasteiger partial charge in [-0.3, -0.25) is 0 Å². The standard InChI is InChI=1S/C17H14ClF3N6/c1-9-3-2-4-11(5-9)26-15-13(22)16(25-8-24-15)27-14-12(18)6-10(7-23-14)17(19,20)21/h2-8H,22H2,1H3,(H2,23,24,25,26,27). The van der Waals surface area contributed by atoms with Crippen LogP contribution < -0.4 is 16.4 Å². The molecule has 0 aliphatic carbocycles. The summed E-state index contributed by atoms with van der Waals surface area (Å²) in [5.74, 6) is 0.493. The van der Waals surface area contributed by atoms with Gasteiger partial charge in [0, 0.05) is 11.9 Å². The normalized spacial score (nSPS) is 11.3. The van der Waals surface area contributed by atoms with Gasteiger partial charge in [0.2, 0.25) is 0 Å². The minimum absolute atomic E-state index is 0.00317. The lowest BCUT2D eigenvalue weighted by atomic mass is 10.2. The topological polar surface area (TPSA) is 88.8 Å². The molecule has 27 heavy (non-hydrogen) atoms. The van der Waals surface area contributed by atoms with E-state index in [1.165, 1.54) is 6.33 Å². The lowest BCUT2D eigenvalue weighted by molar-refractivity contribution is -0.137. The molecular formula is C17H14ClF3N6. The zero-order chi connectivity index (χ0) is 19.6. The third-order valence-electron chi connectivity index (χ3n) is 3.57. The second-order valence-corrected chi connectivity index (χ2v) is 6.06. The largest absolute Gasteiger partial charge is 0.417 e. The minimum atomic E-state index is -4.53. The Morgan fingerprint density at radius 1 is 1.00 bits per heavy atom. The summed E-state index contributed by atoms with van der Waals surface area (Å²) >= 11 is 5.90. The van der Waals surface area contributed by atoms with Crippen molar-refractivity contribution in [2.24, 2.45) is 0 Å². The first kappa shape index (κ1) is 18.7. The Kier molecular flexibility index (Phi) is 5.04. The smallest absolute Gasteiger partial charge is 0.393 e. The van der Waals surface area contributed by atoms with Gasteiger partial charge in [0.05, 0.1) is 10.6 Å². The molecule has 1 aromatic carbocycles. The van der Waals surface area contributed by atoms with Crippen molar-refractivity contribution in [1.82, 2.24) is 15.0 Å². The van der Waals surface area contributed by atoms with Crippen LogP contribution in [0.25, 0.3) is 0 Å². The summed E-state index contributed by atoms with van der Waals surface area (Å²) in [6.07, 6.45) is -2.60. The molecular weight excluding hydrogens is 381 g/mol. The number of aryl methyl sites for hydroxylation is 1. The Labute approximate surface area is 157 Å². The minimum Gasteiger partial charge on any atom is -0.393 e. The van der Waals surface area contributed by atoms with E-state index in [0.717, 1.165) is 17.3 Å². The number of nitrogen functional groups attached to an aromatic ring is 1. The highest BCUT2D eigenvalue weighted by Gasteiger charge is 2.31. The number of pyridine rings is 1. The zero-order valence-electron chi connectivity index (χ0n) is 14.0. The molecule has 0 radical (unpaired) electrons. The maximum absolute atomic E-state index is 12.7. The Balaban J connectivity index is 1.86. The van der Waals surface area contributed by atoms with Crippen molar-refractivity contribution in [3.05, 3.63) is 59.0 Å². The molecule has 10 heteroatoms. The fourth-order valence-electron chi connectivity index (χ4n) is 2.25. The number of nitrogens with one attached hydrogen (secondary N) is 2. The van der Waals surface area contributed by atoms with Gasteiger partial charge in [0.1, 0.15) is 17.8 Å². The van der Waals surface area contributed by atoms with Crippen LogP contribution in [0, 0.1) is 6.92 Å². The van der Waals surface area contributed by atoms with E-state index in [1.54, 1.807) is 0 Å². The van der Waals surface area contributed by atoms with Crippen molar-refractivity contribution < 1.29 is 13.2 Å². The molecule has 3 rings (SSSR count). The molecule has 0 bridgehead atoms. The highest BCUT2D eigenvalue weighted by atomic mass is 35.5. The van der Waals surface area contributed by atoms with Crippen LogP contribution in [0.15, 0.2) is 42.9 Å². The second kappa shape index (κ2) is 7.28. The van der Waals surface area contributed by atoms with Crippen molar-refractivity contribution in [1.29, 1.82) is 0 Å². The molecule has 6 nitrogen and oxygen atoms in total.